The van der Waals surface area contributed by atoms with Crippen LogP contribution in [-0.2, 0) is 9.53 Å². The summed E-state index contributed by atoms with van der Waals surface area (Å²) < 4.78 is 4.39. The first-order valence-electron chi connectivity index (χ1n) is 3.17. The van der Waals surface area contributed by atoms with Gasteiger partial charge in [0.15, 0.2) is 0 Å². The van der Waals surface area contributed by atoms with Crippen LogP contribution < -0.4 is 6.15 Å². The molecule has 0 aromatic heterocycles. The van der Waals surface area contributed by atoms with E-state index in [4.69, 9.17) is 5.11 Å². The number of methoxy groups -OCH3 is 1. The predicted molar refractivity (Wildman–Crippen MR) is 42.7 cm³/mol. The van der Waals surface area contributed by atoms with E-state index >= 15 is 0 Å². The van der Waals surface area contributed by atoms with E-state index in [1.165, 1.54) is 7.11 Å². The number of esters is 1. The lowest BCUT2D eigenvalue weighted by Crippen LogP contribution is -2.04. The fraction of sp³-hybridized carbons (Fsp3) is 0.571. The zero-order valence-corrected chi connectivity index (χ0v) is 6.96. The van der Waals surface area contributed by atoms with Crippen molar-refractivity contribution in [3.63, 3.8) is 0 Å². The van der Waals surface area contributed by atoms with Crippen LogP contribution >= 0.6 is 0 Å². The number of carbonyl (C=O) groups is 1. The van der Waals surface area contributed by atoms with Crippen molar-refractivity contribution < 1.29 is 14.6 Å². The van der Waals surface area contributed by atoms with E-state index in [1.54, 1.807) is 0 Å². The topological polar surface area (TPSA) is 81.5 Å². The Morgan fingerprint density at radius 2 is 2.18 bits per heavy atom. The van der Waals surface area contributed by atoms with Gasteiger partial charge in [-0.15, -0.1) is 0 Å². The molecule has 0 atom stereocenters. The monoisotopic (exact) mass is 161 g/mol. The van der Waals surface area contributed by atoms with Crippen molar-refractivity contribution in [2.45, 2.75) is 19.8 Å². The molecule has 0 aromatic rings. The summed E-state index contributed by atoms with van der Waals surface area (Å²) in [5.41, 5.74) is 0.324. The molecule has 0 spiro atoms. The SMILES string of the molecule is CCCC(=CO)C(=O)OC.N. The Bertz CT molecular complexity index is 143. The Morgan fingerprint density at radius 3 is 2.45 bits per heavy atom. The molecule has 0 radical (unpaired) electrons. The zero-order valence-electron chi connectivity index (χ0n) is 6.96. The van der Waals surface area contributed by atoms with Crippen LogP contribution in [-0.4, -0.2) is 18.2 Å². The third-order valence-corrected chi connectivity index (χ3v) is 1.12. The molecule has 0 fully saturated rings. The average Bonchev–Trinajstić information content (AvgIpc) is 1.99. The second-order valence-corrected chi connectivity index (χ2v) is 1.90. The minimum absolute atomic E-state index is 0. The number of aliphatic hydroxyl groups excluding tert-OH is 1. The normalized spacial score (nSPS) is 10.2. The molecule has 0 rings (SSSR count). The van der Waals surface area contributed by atoms with Gasteiger partial charge in [-0.25, -0.2) is 4.79 Å². The molecule has 0 unspecified atom stereocenters. The van der Waals surface area contributed by atoms with Gasteiger partial charge in [-0.05, 0) is 6.42 Å². The second kappa shape index (κ2) is 7.08. The molecular weight excluding hydrogens is 146 g/mol. The number of carbonyl (C=O) groups excluding carboxylic acids is 1. The molecule has 0 aliphatic rings. The van der Waals surface area contributed by atoms with Gasteiger partial charge < -0.3 is 16.0 Å². The highest BCUT2D eigenvalue weighted by molar-refractivity contribution is 5.87. The van der Waals surface area contributed by atoms with Crippen molar-refractivity contribution in [1.82, 2.24) is 6.15 Å². The molecule has 66 valence electrons. The maximum absolute atomic E-state index is 10.7. The van der Waals surface area contributed by atoms with Crippen LogP contribution in [0.1, 0.15) is 19.8 Å². The van der Waals surface area contributed by atoms with Crippen LogP contribution in [0.25, 0.3) is 0 Å². The van der Waals surface area contributed by atoms with Crippen molar-refractivity contribution in [1.29, 1.82) is 0 Å². The number of ether oxygens (including phenoxy) is 1. The lowest BCUT2D eigenvalue weighted by Gasteiger charge is -1.99. The summed E-state index contributed by atoms with van der Waals surface area (Å²) in [7, 11) is 1.29. The lowest BCUT2D eigenvalue weighted by atomic mass is 10.2. The number of hydrogen-bond acceptors (Lipinski definition) is 4. The Morgan fingerprint density at radius 1 is 1.64 bits per heavy atom. The van der Waals surface area contributed by atoms with Crippen molar-refractivity contribution in [3.8, 4) is 0 Å². The van der Waals surface area contributed by atoms with Crippen molar-refractivity contribution in [3.05, 3.63) is 11.8 Å². The molecule has 0 aliphatic carbocycles. The van der Waals surface area contributed by atoms with Crippen LogP contribution in [0.4, 0.5) is 0 Å². The molecule has 4 heteroatoms. The van der Waals surface area contributed by atoms with Crippen LogP contribution in [0.2, 0.25) is 0 Å². The smallest absolute Gasteiger partial charge is 0.336 e. The van der Waals surface area contributed by atoms with Crippen LogP contribution in [0.5, 0.6) is 0 Å². The van der Waals surface area contributed by atoms with Crippen molar-refractivity contribution in [2.75, 3.05) is 7.11 Å². The van der Waals surface area contributed by atoms with E-state index in [1.807, 2.05) is 6.92 Å². The zero-order chi connectivity index (χ0) is 7.98. The maximum atomic E-state index is 10.7. The minimum Gasteiger partial charge on any atom is -0.515 e. The quantitative estimate of drug-likeness (QED) is 0.374. The van der Waals surface area contributed by atoms with Gasteiger partial charge in [-0.3, -0.25) is 0 Å². The van der Waals surface area contributed by atoms with Gasteiger partial charge in [0.05, 0.1) is 18.9 Å². The van der Waals surface area contributed by atoms with E-state index in [0.29, 0.717) is 12.0 Å². The highest BCUT2D eigenvalue weighted by Gasteiger charge is 2.06. The predicted octanol–water partition coefficient (Wildman–Crippen LogP) is 1.56. The Kier molecular flexibility index (Phi) is 8.13. The third-order valence-electron chi connectivity index (χ3n) is 1.12. The maximum Gasteiger partial charge on any atom is 0.336 e. The molecule has 0 bridgehead atoms. The molecule has 4 N–H and O–H groups in total. The van der Waals surface area contributed by atoms with Crippen molar-refractivity contribution in [2.24, 2.45) is 0 Å². The van der Waals surface area contributed by atoms with E-state index in [-0.39, 0.29) is 6.15 Å². The van der Waals surface area contributed by atoms with Gasteiger partial charge in [0.1, 0.15) is 0 Å². The number of aliphatic hydroxyl groups is 1. The van der Waals surface area contributed by atoms with Gasteiger partial charge in [-0.1, -0.05) is 13.3 Å². The largest absolute Gasteiger partial charge is 0.515 e. The molecular formula is C7H15NO3. The van der Waals surface area contributed by atoms with E-state index < -0.39 is 5.97 Å². The molecule has 11 heavy (non-hydrogen) atoms. The van der Waals surface area contributed by atoms with E-state index in [9.17, 15) is 4.79 Å². The third kappa shape index (κ3) is 4.38. The van der Waals surface area contributed by atoms with Crippen molar-refractivity contribution >= 4 is 5.97 Å². The first-order chi connectivity index (χ1) is 4.76. The summed E-state index contributed by atoms with van der Waals surface area (Å²) in [4.78, 5) is 10.7. The summed E-state index contributed by atoms with van der Waals surface area (Å²) >= 11 is 0. The van der Waals surface area contributed by atoms with Gasteiger partial charge in [0.2, 0.25) is 0 Å². The molecule has 0 heterocycles. The summed E-state index contributed by atoms with van der Waals surface area (Å²) in [5, 5.41) is 8.50. The number of rotatable bonds is 3. The Hall–Kier alpha value is -1.03. The Labute approximate surface area is 66.4 Å². The summed E-state index contributed by atoms with van der Waals surface area (Å²) in [5.74, 6) is -0.454. The fourth-order valence-corrected chi connectivity index (χ4v) is 0.620. The number of hydrogen-bond donors (Lipinski definition) is 2. The molecule has 0 saturated carbocycles. The minimum atomic E-state index is -0.454. The van der Waals surface area contributed by atoms with Gasteiger partial charge in [0.25, 0.3) is 0 Å². The van der Waals surface area contributed by atoms with Crippen LogP contribution in [0.15, 0.2) is 11.8 Å². The molecule has 0 aromatic carbocycles. The summed E-state index contributed by atoms with van der Waals surface area (Å²) in [6.07, 6.45) is 2.18. The van der Waals surface area contributed by atoms with Gasteiger partial charge in [0, 0.05) is 0 Å². The summed E-state index contributed by atoms with van der Waals surface area (Å²) in [6.45, 7) is 1.92. The van der Waals surface area contributed by atoms with Gasteiger partial charge in [-0.2, -0.15) is 0 Å². The summed E-state index contributed by atoms with van der Waals surface area (Å²) in [6, 6.07) is 0. The van der Waals surface area contributed by atoms with E-state index in [0.717, 1.165) is 12.7 Å². The first-order valence-corrected chi connectivity index (χ1v) is 3.17. The lowest BCUT2D eigenvalue weighted by molar-refractivity contribution is -0.136. The standard InChI is InChI=1S/C7H12O3.H3N/c1-3-4-6(5-8)7(9)10-2;/h5,8H,3-4H2,1-2H3;1H3. The second-order valence-electron chi connectivity index (χ2n) is 1.90. The van der Waals surface area contributed by atoms with Gasteiger partial charge >= 0.3 is 5.97 Å². The molecule has 0 amide bonds. The first kappa shape index (κ1) is 12.6. The van der Waals surface area contributed by atoms with E-state index in [2.05, 4.69) is 4.74 Å². The fourth-order valence-electron chi connectivity index (χ4n) is 0.620. The molecule has 0 saturated heterocycles. The highest BCUT2D eigenvalue weighted by atomic mass is 16.5. The molecule has 4 nitrogen and oxygen atoms in total. The average molecular weight is 161 g/mol. The van der Waals surface area contributed by atoms with Crippen LogP contribution in [0, 0.1) is 0 Å². The highest BCUT2D eigenvalue weighted by Crippen LogP contribution is 2.04. The molecule has 0 aliphatic heterocycles. The Balaban J connectivity index is 0. The van der Waals surface area contributed by atoms with Crippen LogP contribution in [0.3, 0.4) is 0 Å².